The number of benzene rings is 1. The summed E-state index contributed by atoms with van der Waals surface area (Å²) in [5.41, 5.74) is 0.477. The SMILES string of the molecule is COc1ccc(C(C)NS(=O)(=O)N(C)CCC#N)cc1F. The minimum absolute atomic E-state index is 0.0928. The van der Waals surface area contributed by atoms with Crippen molar-refractivity contribution in [2.45, 2.75) is 19.4 Å². The second kappa shape index (κ2) is 7.36. The molecule has 116 valence electrons. The molecule has 0 aliphatic carbocycles. The summed E-state index contributed by atoms with van der Waals surface area (Å²) in [6, 6.07) is 5.52. The molecule has 0 fully saturated rings. The molecule has 6 nitrogen and oxygen atoms in total. The highest BCUT2D eigenvalue weighted by molar-refractivity contribution is 7.87. The fourth-order valence-corrected chi connectivity index (χ4v) is 2.76. The van der Waals surface area contributed by atoms with Crippen LogP contribution in [0.5, 0.6) is 5.75 Å². The van der Waals surface area contributed by atoms with Gasteiger partial charge < -0.3 is 4.74 Å². The Labute approximate surface area is 124 Å². The van der Waals surface area contributed by atoms with E-state index in [2.05, 4.69) is 4.72 Å². The molecule has 0 aliphatic rings. The van der Waals surface area contributed by atoms with Crippen molar-refractivity contribution in [2.75, 3.05) is 20.7 Å². The number of hydrogen-bond donors (Lipinski definition) is 1. The predicted octanol–water partition coefficient (Wildman–Crippen LogP) is 1.58. The van der Waals surface area contributed by atoms with Gasteiger partial charge in [0.25, 0.3) is 10.2 Å². The minimum atomic E-state index is -3.73. The van der Waals surface area contributed by atoms with E-state index in [-0.39, 0.29) is 18.7 Å². The van der Waals surface area contributed by atoms with Crippen LogP contribution in [0.25, 0.3) is 0 Å². The van der Waals surface area contributed by atoms with Crippen molar-refractivity contribution in [3.63, 3.8) is 0 Å². The molecule has 0 aromatic heterocycles. The van der Waals surface area contributed by atoms with E-state index < -0.39 is 22.1 Å². The average Bonchev–Trinajstić information content (AvgIpc) is 2.43. The van der Waals surface area contributed by atoms with Gasteiger partial charge in [-0.25, -0.2) is 4.39 Å². The lowest BCUT2D eigenvalue weighted by atomic mass is 10.1. The van der Waals surface area contributed by atoms with Crippen LogP contribution in [0.3, 0.4) is 0 Å². The Balaban J connectivity index is 2.83. The molecular weight excluding hydrogens is 297 g/mol. The van der Waals surface area contributed by atoms with E-state index in [1.165, 1.54) is 26.3 Å². The molecule has 0 saturated heterocycles. The van der Waals surface area contributed by atoms with Crippen LogP contribution in [-0.4, -0.2) is 33.4 Å². The fourth-order valence-electron chi connectivity index (χ4n) is 1.66. The second-order valence-electron chi connectivity index (χ2n) is 4.47. The first-order valence-electron chi connectivity index (χ1n) is 6.25. The Hall–Kier alpha value is -1.69. The van der Waals surface area contributed by atoms with Gasteiger partial charge in [0.05, 0.1) is 13.2 Å². The molecule has 1 N–H and O–H groups in total. The molecule has 1 atom stereocenters. The molecule has 1 aromatic rings. The largest absolute Gasteiger partial charge is 0.494 e. The lowest BCUT2D eigenvalue weighted by Crippen LogP contribution is -2.39. The Morgan fingerprint density at radius 3 is 2.71 bits per heavy atom. The Morgan fingerprint density at radius 1 is 1.52 bits per heavy atom. The van der Waals surface area contributed by atoms with Crippen molar-refractivity contribution in [3.8, 4) is 11.8 Å². The summed E-state index contributed by atoms with van der Waals surface area (Å²) >= 11 is 0. The van der Waals surface area contributed by atoms with E-state index in [4.69, 9.17) is 10.00 Å². The Bertz CT molecular complexity index is 628. The van der Waals surface area contributed by atoms with Crippen LogP contribution in [0.4, 0.5) is 4.39 Å². The molecule has 8 heteroatoms. The molecule has 1 aromatic carbocycles. The third-order valence-corrected chi connectivity index (χ3v) is 4.60. The number of nitriles is 1. The van der Waals surface area contributed by atoms with E-state index in [1.807, 2.05) is 6.07 Å². The zero-order valence-electron chi connectivity index (χ0n) is 12.1. The lowest BCUT2D eigenvalue weighted by Gasteiger charge is -2.20. The van der Waals surface area contributed by atoms with Crippen molar-refractivity contribution in [2.24, 2.45) is 0 Å². The number of halogens is 1. The molecular formula is C13H18FN3O3S. The van der Waals surface area contributed by atoms with Gasteiger partial charge in [0.15, 0.2) is 11.6 Å². The molecule has 0 heterocycles. The lowest BCUT2D eigenvalue weighted by molar-refractivity contribution is 0.385. The maximum Gasteiger partial charge on any atom is 0.279 e. The second-order valence-corrected chi connectivity index (χ2v) is 6.28. The van der Waals surface area contributed by atoms with Crippen LogP contribution < -0.4 is 9.46 Å². The molecule has 21 heavy (non-hydrogen) atoms. The quantitative estimate of drug-likeness (QED) is 0.828. The van der Waals surface area contributed by atoms with Gasteiger partial charge in [-0.2, -0.15) is 22.7 Å². The average molecular weight is 315 g/mol. The minimum Gasteiger partial charge on any atom is -0.494 e. The monoisotopic (exact) mass is 315 g/mol. The Kier molecular flexibility index (Phi) is 6.08. The highest BCUT2D eigenvalue weighted by Gasteiger charge is 2.21. The van der Waals surface area contributed by atoms with Crippen molar-refractivity contribution >= 4 is 10.2 Å². The maximum atomic E-state index is 13.6. The third kappa shape index (κ3) is 4.67. The summed E-state index contributed by atoms with van der Waals surface area (Å²) in [6.45, 7) is 1.70. The normalized spacial score (nSPS) is 13.0. The van der Waals surface area contributed by atoms with Gasteiger partial charge in [0.1, 0.15) is 0 Å². The van der Waals surface area contributed by atoms with E-state index >= 15 is 0 Å². The first kappa shape index (κ1) is 17.4. The highest BCUT2D eigenvalue weighted by atomic mass is 32.2. The molecule has 0 spiro atoms. The van der Waals surface area contributed by atoms with Crippen molar-refractivity contribution in [1.82, 2.24) is 9.03 Å². The Morgan fingerprint density at radius 2 is 2.19 bits per heavy atom. The molecule has 0 aliphatic heterocycles. The topological polar surface area (TPSA) is 82.4 Å². The van der Waals surface area contributed by atoms with Crippen molar-refractivity contribution in [1.29, 1.82) is 5.26 Å². The molecule has 0 radical (unpaired) electrons. The molecule has 0 bridgehead atoms. The smallest absolute Gasteiger partial charge is 0.279 e. The highest BCUT2D eigenvalue weighted by Crippen LogP contribution is 2.22. The van der Waals surface area contributed by atoms with E-state index in [0.717, 1.165) is 4.31 Å². The standard InChI is InChI=1S/C13H18FN3O3S/c1-10(11-5-6-13(20-3)12(14)9-11)16-21(18,19)17(2)8-4-7-15/h5-6,9-10,16H,4,8H2,1-3H3. The van der Waals surface area contributed by atoms with E-state index in [9.17, 15) is 12.8 Å². The number of hydrogen-bond acceptors (Lipinski definition) is 4. The van der Waals surface area contributed by atoms with Crippen LogP contribution in [0, 0.1) is 17.1 Å². The molecule has 1 unspecified atom stereocenters. The van der Waals surface area contributed by atoms with Gasteiger partial charge in [-0.15, -0.1) is 0 Å². The van der Waals surface area contributed by atoms with Crippen molar-refractivity contribution in [3.05, 3.63) is 29.6 Å². The van der Waals surface area contributed by atoms with Gasteiger partial charge in [-0.3, -0.25) is 0 Å². The first-order valence-corrected chi connectivity index (χ1v) is 7.69. The van der Waals surface area contributed by atoms with Crippen molar-refractivity contribution < 1.29 is 17.5 Å². The number of rotatable bonds is 7. The summed E-state index contributed by atoms with van der Waals surface area (Å²) in [5.74, 6) is -0.459. The number of nitrogens with one attached hydrogen (secondary N) is 1. The predicted molar refractivity (Wildman–Crippen MR) is 76.3 cm³/mol. The number of ether oxygens (including phenoxy) is 1. The van der Waals surface area contributed by atoms with Gasteiger partial charge in [-0.05, 0) is 24.6 Å². The summed E-state index contributed by atoms with van der Waals surface area (Å²) < 4.78 is 45.9. The van der Waals surface area contributed by atoms with Crippen LogP contribution in [0.1, 0.15) is 24.9 Å². The van der Waals surface area contributed by atoms with Crippen LogP contribution in [0.2, 0.25) is 0 Å². The molecule has 0 amide bonds. The van der Waals surface area contributed by atoms with Gasteiger partial charge in [-0.1, -0.05) is 6.07 Å². The van der Waals surface area contributed by atoms with Gasteiger partial charge in [0, 0.05) is 26.1 Å². The van der Waals surface area contributed by atoms with E-state index in [1.54, 1.807) is 13.0 Å². The zero-order chi connectivity index (χ0) is 16.0. The summed E-state index contributed by atoms with van der Waals surface area (Å²) in [4.78, 5) is 0. The summed E-state index contributed by atoms with van der Waals surface area (Å²) in [7, 11) is -0.998. The summed E-state index contributed by atoms with van der Waals surface area (Å²) in [5, 5.41) is 8.48. The number of methoxy groups -OCH3 is 1. The first-order chi connectivity index (χ1) is 9.81. The third-order valence-electron chi connectivity index (χ3n) is 2.95. The van der Waals surface area contributed by atoms with Crippen LogP contribution in [0.15, 0.2) is 18.2 Å². The van der Waals surface area contributed by atoms with Gasteiger partial charge in [0.2, 0.25) is 0 Å². The maximum absolute atomic E-state index is 13.6. The van der Waals surface area contributed by atoms with Crippen LogP contribution >= 0.6 is 0 Å². The van der Waals surface area contributed by atoms with E-state index in [0.29, 0.717) is 5.56 Å². The van der Waals surface area contributed by atoms with Gasteiger partial charge >= 0.3 is 0 Å². The molecule has 1 rings (SSSR count). The van der Waals surface area contributed by atoms with Crippen LogP contribution in [-0.2, 0) is 10.2 Å². The number of nitrogens with zero attached hydrogens (tertiary/aromatic N) is 2. The fraction of sp³-hybridized carbons (Fsp3) is 0.462. The zero-order valence-corrected chi connectivity index (χ0v) is 12.9. The summed E-state index contributed by atoms with van der Waals surface area (Å²) in [6.07, 6.45) is 0.100. The molecule has 0 saturated carbocycles.